The van der Waals surface area contributed by atoms with Crippen molar-refractivity contribution in [2.24, 2.45) is 0 Å². The van der Waals surface area contributed by atoms with Crippen LogP contribution in [0.4, 0.5) is 0 Å². The van der Waals surface area contributed by atoms with Crippen molar-refractivity contribution in [3.63, 3.8) is 0 Å². The van der Waals surface area contributed by atoms with Crippen molar-refractivity contribution in [1.82, 2.24) is 5.32 Å². The number of para-hydroxylation sites is 1. The third kappa shape index (κ3) is 4.51. The van der Waals surface area contributed by atoms with Crippen LogP contribution in [0.2, 0.25) is 0 Å². The van der Waals surface area contributed by atoms with Crippen molar-refractivity contribution in [3.8, 4) is 5.75 Å². The minimum absolute atomic E-state index is 0.137. The summed E-state index contributed by atoms with van der Waals surface area (Å²) in [7, 11) is 0. The number of nitrogens with one attached hydrogen (secondary N) is 1. The monoisotopic (exact) mass is 351 g/mol. The molecule has 1 N–H and O–H groups in total. The van der Waals surface area contributed by atoms with Gasteiger partial charge in [0.25, 0.3) is 5.91 Å². The van der Waals surface area contributed by atoms with Crippen LogP contribution in [0.3, 0.4) is 0 Å². The minimum Gasteiger partial charge on any atom is -0.488 e. The molecule has 1 unspecified atom stereocenters. The van der Waals surface area contributed by atoms with Gasteiger partial charge in [-0.2, -0.15) is 0 Å². The molecule has 2 aromatic carbocycles. The first-order chi connectivity index (χ1) is 12.6. The molecule has 134 valence electrons. The second kappa shape index (κ2) is 8.34. The van der Waals surface area contributed by atoms with Crippen molar-refractivity contribution < 1.29 is 19.1 Å². The number of hydrogen-bond donors (Lipinski definition) is 1. The highest BCUT2D eigenvalue weighted by Gasteiger charge is 2.23. The highest BCUT2D eigenvalue weighted by atomic mass is 16.6. The molecule has 1 atom stereocenters. The molecule has 1 aliphatic heterocycles. The second-order valence-corrected chi connectivity index (χ2v) is 6.07. The summed E-state index contributed by atoms with van der Waals surface area (Å²) in [5, 5.41) is 2.79. The number of benzene rings is 2. The smallest absolute Gasteiger partial charge is 0.338 e. The average Bonchev–Trinajstić information content (AvgIpc) is 2.68. The molecular formula is C21H21NO4. The van der Waals surface area contributed by atoms with Crippen LogP contribution in [-0.4, -0.2) is 31.1 Å². The molecule has 0 spiro atoms. The Kier molecular flexibility index (Phi) is 5.69. The molecule has 26 heavy (non-hydrogen) atoms. The Hall–Kier alpha value is -3.08. The summed E-state index contributed by atoms with van der Waals surface area (Å²) in [5.74, 6) is -0.118. The summed E-state index contributed by atoms with van der Waals surface area (Å²) >= 11 is 0. The van der Waals surface area contributed by atoms with Gasteiger partial charge in [0, 0.05) is 12.1 Å². The number of hydrogen-bond acceptors (Lipinski definition) is 4. The number of carbonyl (C=O) groups is 2. The largest absolute Gasteiger partial charge is 0.488 e. The molecule has 1 heterocycles. The lowest BCUT2D eigenvalue weighted by molar-refractivity contribution is -0.151. The van der Waals surface area contributed by atoms with Gasteiger partial charge in [-0.05, 0) is 31.1 Å². The Labute approximate surface area is 152 Å². The summed E-state index contributed by atoms with van der Waals surface area (Å²) in [4.78, 5) is 24.4. The number of fused-ring (bicyclic) bond motifs is 1. The molecule has 0 radical (unpaired) electrons. The lowest BCUT2D eigenvalue weighted by Gasteiger charge is -2.19. The molecule has 5 heteroatoms. The summed E-state index contributed by atoms with van der Waals surface area (Å²) in [6.07, 6.45) is 1.60. The molecule has 1 aliphatic rings. The van der Waals surface area contributed by atoms with Gasteiger partial charge < -0.3 is 14.8 Å². The molecule has 0 bridgehead atoms. The molecule has 2 aromatic rings. The van der Waals surface area contributed by atoms with E-state index in [1.54, 1.807) is 13.0 Å². The molecule has 0 saturated carbocycles. The SMILES string of the molecule is CC(OC(=O)C1=Cc2ccccc2OC1)C(=O)NCCc1ccccc1. The molecular weight excluding hydrogens is 330 g/mol. The normalized spacial score (nSPS) is 13.7. The van der Waals surface area contributed by atoms with Gasteiger partial charge in [-0.1, -0.05) is 48.5 Å². The second-order valence-electron chi connectivity index (χ2n) is 6.07. The molecule has 5 nitrogen and oxygen atoms in total. The van der Waals surface area contributed by atoms with E-state index in [1.165, 1.54) is 0 Å². The lowest BCUT2D eigenvalue weighted by Crippen LogP contribution is -2.37. The fourth-order valence-electron chi connectivity index (χ4n) is 2.64. The fraction of sp³-hybridized carbons (Fsp3) is 0.238. The minimum atomic E-state index is -0.864. The Bertz CT molecular complexity index is 814. The fourth-order valence-corrected chi connectivity index (χ4v) is 2.64. The van der Waals surface area contributed by atoms with Gasteiger partial charge in [-0.15, -0.1) is 0 Å². The third-order valence-corrected chi connectivity index (χ3v) is 4.10. The van der Waals surface area contributed by atoms with Crippen LogP contribution in [0.25, 0.3) is 6.08 Å². The zero-order valence-corrected chi connectivity index (χ0v) is 14.6. The van der Waals surface area contributed by atoms with E-state index in [9.17, 15) is 9.59 Å². The van der Waals surface area contributed by atoms with Crippen LogP contribution in [-0.2, 0) is 20.7 Å². The zero-order chi connectivity index (χ0) is 18.4. The number of ether oxygens (including phenoxy) is 2. The van der Waals surface area contributed by atoms with Gasteiger partial charge in [0.05, 0.1) is 5.57 Å². The van der Waals surface area contributed by atoms with Crippen molar-refractivity contribution >= 4 is 18.0 Å². The topological polar surface area (TPSA) is 64.6 Å². The van der Waals surface area contributed by atoms with Crippen molar-refractivity contribution in [1.29, 1.82) is 0 Å². The summed E-state index contributed by atoms with van der Waals surface area (Å²) < 4.78 is 10.8. The van der Waals surface area contributed by atoms with Crippen LogP contribution in [0.5, 0.6) is 5.75 Å². The number of carbonyl (C=O) groups excluding carboxylic acids is 2. The van der Waals surface area contributed by atoms with E-state index in [2.05, 4.69) is 5.32 Å². The van der Waals surface area contributed by atoms with Gasteiger partial charge in [0.15, 0.2) is 6.10 Å². The van der Waals surface area contributed by atoms with Gasteiger partial charge >= 0.3 is 5.97 Å². The van der Waals surface area contributed by atoms with E-state index < -0.39 is 12.1 Å². The predicted molar refractivity (Wildman–Crippen MR) is 98.6 cm³/mol. The van der Waals surface area contributed by atoms with E-state index in [0.29, 0.717) is 12.1 Å². The maximum atomic E-state index is 12.3. The van der Waals surface area contributed by atoms with Gasteiger partial charge in [0.2, 0.25) is 0 Å². The Balaban J connectivity index is 1.49. The van der Waals surface area contributed by atoms with Crippen molar-refractivity contribution in [3.05, 3.63) is 71.3 Å². The van der Waals surface area contributed by atoms with Crippen LogP contribution in [0, 0.1) is 0 Å². The summed E-state index contributed by atoms with van der Waals surface area (Å²) in [5.41, 5.74) is 2.36. The first-order valence-corrected chi connectivity index (χ1v) is 8.58. The summed E-state index contributed by atoms with van der Waals surface area (Å²) in [6.45, 7) is 2.19. The molecule has 0 aliphatic carbocycles. The number of amides is 1. The van der Waals surface area contributed by atoms with E-state index in [1.807, 2.05) is 54.6 Å². The molecule has 0 aromatic heterocycles. The van der Waals surface area contributed by atoms with E-state index in [0.717, 1.165) is 23.3 Å². The van der Waals surface area contributed by atoms with Crippen LogP contribution in [0.1, 0.15) is 18.1 Å². The van der Waals surface area contributed by atoms with E-state index in [-0.39, 0.29) is 12.5 Å². The molecule has 0 saturated heterocycles. The van der Waals surface area contributed by atoms with Crippen LogP contribution in [0.15, 0.2) is 60.2 Å². The standard InChI is InChI=1S/C21H21NO4/c1-15(20(23)22-12-11-16-7-3-2-4-8-16)26-21(24)18-13-17-9-5-6-10-19(17)25-14-18/h2-10,13,15H,11-12,14H2,1H3,(H,22,23). The highest BCUT2D eigenvalue weighted by Crippen LogP contribution is 2.26. The maximum Gasteiger partial charge on any atom is 0.338 e. The van der Waals surface area contributed by atoms with Crippen molar-refractivity contribution in [2.75, 3.05) is 13.2 Å². The predicted octanol–water partition coefficient (Wildman–Crippen LogP) is 2.75. The van der Waals surface area contributed by atoms with Crippen LogP contribution >= 0.6 is 0 Å². The molecule has 0 fully saturated rings. The first-order valence-electron chi connectivity index (χ1n) is 8.58. The third-order valence-electron chi connectivity index (χ3n) is 4.10. The first kappa shape index (κ1) is 17.7. The Morgan fingerprint density at radius 1 is 1.12 bits per heavy atom. The lowest BCUT2D eigenvalue weighted by atomic mass is 10.1. The summed E-state index contributed by atoms with van der Waals surface area (Å²) in [6, 6.07) is 17.3. The van der Waals surface area contributed by atoms with Crippen molar-refractivity contribution in [2.45, 2.75) is 19.4 Å². The number of esters is 1. The van der Waals surface area contributed by atoms with Gasteiger partial charge in [-0.25, -0.2) is 4.79 Å². The Morgan fingerprint density at radius 2 is 1.85 bits per heavy atom. The van der Waals surface area contributed by atoms with E-state index in [4.69, 9.17) is 9.47 Å². The van der Waals surface area contributed by atoms with Gasteiger partial charge in [0.1, 0.15) is 12.4 Å². The maximum absolute atomic E-state index is 12.3. The number of rotatable bonds is 6. The quantitative estimate of drug-likeness (QED) is 0.813. The van der Waals surface area contributed by atoms with Gasteiger partial charge in [-0.3, -0.25) is 4.79 Å². The Morgan fingerprint density at radius 3 is 2.65 bits per heavy atom. The molecule has 3 rings (SSSR count). The van der Waals surface area contributed by atoms with Crippen LogP contribution < -0.4 is 10.1 Å². The molecule has 1 amide bonds. The average molecular weight is 351 g/mol. The zero-order valence-electron chi connectivity index (χ0n) is 14.6. The van der Waals surface area contributed by atoms with E-state index >= 15 is 0 Å². The highest BCUT2D eigenvalue weighted by molar-refractivity contribution is 5.96.